The smallest absolute Gasteiger partial charge is 0.253 e. The van der Waals surface area contributed by atoms with Crippen LogP contribution in [0.5, 0.6) is 0 Å². The number of carbonyl (C=O) groups is 3. The highest BCUT2D eigenvalue weighted by Crippen LogP contribution is 2.29. The Morgan fingerprint density at radius 1 is 1.02 bits per heavy atom. The summed E-state index contributed by atoms with van der Waals surface area (Å²) in [4.78, 5) is 41.3. The molecular weight excluding hydrogens is 564 g/mol. The molecule has 5 rings (SSSR count). The first kappa shape index (κ1) is 28.2. The number of amides is 3. The van der Waals surface area contributed by atoms with E-state index >= 15 is 0 Å². The van der Waals surface area contributed by atoms with Gasteiger partial charge in [0.2, 0.25) is 21.8 Å². The molecule has 4 aromatic rings. The lowest BCUT2D eigenvalue weighted by atomic mass is 10.00. The summed E-state index contributed by atoms with van der Waals surface area (Å²) in [6.45, 7) is 1.61. The van der Waals surface area contributed by atoms with Crippen LogP contribution in [0.25, 0.3) is 22.4 Å². The minimum absolute atomic E-state index is 0.0450. The Labute approximate surface area is 241 Å². The normalized spacial score (nSPS) is 13.3. The van der Waals surface area contributed by atoms with Gasteiger partial charge in [0, 0.05) is 43.0 Å². The Kier molecular flexibility index (Phi) is 8.28. The molecule has 2 aromatic carbocycles. The van der Waals surface area contributed by atoms with Crippen LogP contribution in [-0.4, -0.2) is 61.0 Å². The second-order valence-electron chi connectivity index (χ2n) is 9.62. The van der Waals surface area contributed by atoms with Gasteiger partial charge >= 0.3 is 0 Å². The van der Waals surface area contributed by atoms with Gasteiger partial charge in [-0.1, -0.05) is 36.4 Å². The number of rotatable bonds is 10. The van der Waals surface area contributed by atoms with Crippen molar-refractivity contribution in [2.45, 2.75) is 6.54 Å². The number of hydrogen-bond donors (Lipinski definition) is 4. The van der Waals surface area contributed by atoms with Crippen LogP contribution in [0.15, 0.2) is 72.4 Å². The quantitative estimate of drug-likeness (QED) is 0.221. The van der Waals surface area contributed by atoms with Gasteiger partial charge in [-0.25, -0.2) is 13.4 Å². The molecule has 0 unspecified atom stereocenters. The summed E-state index contributed by atoms with van der Waals surface area (Å²) in [5.41, 5.74) is 4.70. The molecule has 3 heterocycles. The van der Waals surface area contributed by atoms with E-state index in [4.69, 9.17) is 0 Å². The summed E-state index contributed by atoms with van der Waals surface area (Å²) < 4.78 is 24.1. The van der Waals surface area contributed by atoms with Crippen molar-refractivity contribution in [3.05, 3.63) is 83.5 Å². The topological polar surface area (TPSA) is 151 Å². The van der Waals surface area contributed by atoms with Crippen molar-refractivity contribution in [3.63, 3.8) is 0 Å². The maximum Gasteiger partial charge on any atom is 0.253 e. The molecule has 11 nitrogen and oxygen atoms in total. The van der Waals surface area contributed by atoms with E-state index in [1.807, 2.05) is 47.8 Å². The van der Waals surface area contributed by atoms with Crippen molar-refractivity contribution in [3.8, 4) is 22.4 Å². The molecule has 0 saturated carbocycles. The highest BCUT2D eigenvalue weighted by Gasteiger charge is 2.24. The lowest BCUT2D eigenvalue weighted by Crippen LogP contribution is -2.50. The van der Waals surface area contributed by atoms with E-state index in [2.05, 4.69) is 32.3 Å². The summed E-state index contributed by atoms with van der Waals surface area (Å²) in [7, 11) is -3.50. The average Bonchev–Trinajstić information content (AvgIpc) is 3.60. The maximum atomic E-state index is 12.4. The van der Waals surface area contributed by atoms with Crippen LogP contribution in [0.3, 0.4) is 0 Å². The zero-order valence-electron chi connectivity index (χ0n) is 22.1. The molecule has 1 saturated heterocycles. The SMILES string of the molecule is CS(=O)(=O)n1ccc(C(=O)NCC(=O)Nc2nc(-c3cccc(-c4cccc(CNC(=O)C5CNC5)c4)c3)cs2)c1. The lowest BCUT2D eigenvalue weighted by Gasteiger charge is -2.25. The molecule has 0 aliphatic carbocycles. The summed E-state index contributed by atoms with van der Waals surface area (Å²) in [6, 6.07) is 17.3. The number of nitrogens with one attached hydrogen (secondary N) is 4. The largest absolute Gasteiger partial charge is 0.352 e. The molecule has 4 N–H and O–H groups in total. The van der Waals surface area contributed by atoms with E-state index in [1.165, 1.54) is 29.8 Å². The van der Waals surface area contributed by atoms with Gasteiger partial charge in [0.1, 0.15) is 0 Å². The fourth-order valence-electron chi connectivity index (χ4n) is 4.13. The number of anilines is 1. The van der Waals surface area contributed by atoms with Crippen LogP contribution in [0.1, 0.15) is 15.9 Å². The van der Waals surface area contributed by atoms with E-state index < -0.39 is 21.8 Å². The molecule has 0 spiro atoms. The average molecular weight is 593 g/mol. The van der Waals surface area contributed by atoms with Crippen LogP contribution in [0, 0.1) is 5.92 Å². The van der Waals surface area contributed by atoms with Crippen molar-refractivity contribution >= 4 is 44.2 Å². The van der Waals surface area contributed by atoms with Gasteiger partial charge in [0.25, 0.3) is 5.91 Å². The molecule has 0 atom stereocenters. The molecule has 212 valence electrons. The van der Waals surface area contributed by atoms with Crippen LogP contribution >= 0.6 is 11.3 Å². The van der Waals surface area contributed by atoms with Crippen LogP contribution < -0.4 is 21.3 Å². The van der Waals surface area contributed by atoms with Crippen LogP contribution in [0.4, 0.5) is 5.13 Å². The minimum atomic E-state index is -3.50. The second-order valence-corrected chi connectivity index (χ2v) is 12.4. The monoisotopic (exact) mass is 592 g/mol. The number of hydrogen-bond acceptors (Lipinski definition) is 8. The van der Waals surface area contributed by atoms with E-state index in [1.54, 1.807) is 0 Å². The molecular formula is C28H28N6O5S2. The number of thiazole rings is 1. The van der Waals surface area contributed by atoms with E-state index in [0.717, 1.165) is 45.6 Å². The third-order valence-corrected chi connectivity index (χ3v) is 8.26. The predicted molar refractivity (Wildman–Crippen MR) is 157 cm³/mol. The first-order chi connectivity index (χ1) is 19.7. The standard InChI is InChI=1S/C28H28N6O5S2/c1-41(38,39)34-9-8-22(16-34)26(36)31-15-25(35)33-28-32-24(17-40-28)21-7-3-6-20(11-21)19-5-2-4-18(10-19)12-30-27(37)23-13-29-14-23/h2-11,16-17,23,29H,12-15H2,1H3,(H,30,37)(H,31,36)(H,32,33,35). The summed E-state index contributed by atoms with van der Waals surface area (Å²) in [5.74, 6) is -0.924. The molecule has 2 aromatic heterocycles. The van der Waals surface area contributed by atoms with Crippen molar-refractivity contribution in [1.29, 1.82) is 0 Å². The highest BCUT2D eigenvalue weighted by molar-refractivity contribution is 7.89. The lowest BCUT2D eigenvalue weighted by molar-refractivity contribution is -0.126. The van der Waals surface area contributed by atoms with E-state index in [0.29, 0.717) is 17.4 Å². The first-order valence-corrected chi connectivity index (χ1v) is 15.5. The highest BCUT2D eigenvalue weighted by atomic mass is 32.2. The van der Waals surface area contributed by atoms with Crippen molar-refractivity contribution < 1.29 is 22.8 Å². The van der Waals surface area contributed by atoms with Crippen molar-refractivity contribution in [1.82, 2.24) is 24.9 Å². The molecule has 0 bridgehead atoms. The van der Waals surface area contributed by atoms with Crippen LogP contribution in [0.2, 0.25) is 0 Å². The molecule has 13 heteroatoms. The van der Waals surface area contributed by atoms with Gasteiger partial charge in [0.05, 0.1) is 30.0 Å². The number of carbonyl (C=O) groups excluding carboxylic acids is 3. The number of benzene rings is 2. The van der Waals surface area contributed by atoms with Crippen molar-refractivity contribution in [2.24, 2.45) is 5.92 Å². The third kappa shape index (κ3) is 7.06. The molecule has 1 aliphatic rings. The summed E-state index contributed by atoms with van der Waals surface area (Å²) in [5, 5.41) is 13.5. The van der Waals surface area contributed by atoms with Gasteiger partial charge in [-0.3, -0.25) is 18.4 Å². The Balaban J connectivity index is 1.18. The van der Waals surface area contributed by atoms with Gasteiger partial charge < -0.3 is 21.3 Å². The van der Waals surface area contributed by atoms with Crippen LogP contribution in [-0.2, 0) is 26.2 Å². The predicted octanol–water partition coefficient (Wildman–Crippen LogP) is 2.29. The Morgan fingerprint density at radius 2 is 1.76 bits per heavy atom. The Morgan fingerprint density at radius 3 is 2.46 bits per heavy atom. The summed E-state index contributed by atoms with van der Waals surface area (Å²) >= 11 is 1.26. The van der Waals surface area contributed by atoms with E-state index in [-0.39, 0.29) is 23.9 Å². The molecule has 1 aliphatic heterocycles. The van der Waals surface area contributed by atoms with E-state index in [9.17, 15) is 22.8 Å². The zero-order valence-corrected chi connectivity index (χ0v) is 23.7. The summed E-state index contributed by atoms with van der Waals surface area (Å²) in [6.07, 6.45) is 3.48. The number of nitrogens with zero attached hydrogens (tertiary/aromatic N) is 2. The molecule has 0 radical (unpaired) electrons. The zero-order chi connectivity index (χ0) is 29.0. The Bertz CT molecular complexity index is 1710. The van der Waals surface area contributed by atoms with Gasteiger partial charge in [-0.15, -0.1) is 11.3 Å². The molecule has 1 fully saturated rings. The fourth-order valence-corrected chi connectivity index (χ4v) is 5.46. The Hall–Kier alpha value is -4.33. The minimum Gasteiger partial charge on any atom is -0.352 e. The third-order valence-electron chi connectivity index (χ3n) is 6.51. The first-order valence-electron chi connectivity index (χ1n) is 12.8. The second kappa shape index (κ2) is 12.0. The van der Waals surface area contributed by atoms with Gasteiger partial charge in [0.15, 0.2) is 5.13 Å². The van der Waals surface area contributed by atoms with Gasteiger partial charge in [-0.05, 0) is 34.9 Å². The molecule has 41 heavy (non-hydrogen) atoms. The maximum absolute atomic E-state index is 12.4. The number of aromatic nitrogens is 2. The fraction of sp³-hybridized carbons (Fsp3) is 0.214. The van der Waals surface area contributed by atoms with Gasteiger partial charge in [-0.2, -0.15) is 0 Å². The van der Waals surface area contributed by atoms with Crippen molar-refractivity contribution in [2.75, 3.05) is 31.2 Å². The molecule has 3 amide bonds.